The lowest BCUT2D eigenvalue weighted by molar-refractivity contribution is -0.124. The normalized spacial score (nSPS) is 11.3. The first kappa shape index (κ1) is 14.7. The van der Waals surface area contributed by atoms with Gasteiger partial charge >= 0.3 is 5.97 Å². The molecule has 0 aromatic heterocycles. The maximum absolute atomic E-state index is 11.8. The van der Waals surface area contributed by atoms with Gasteiger partial charge in [0.1, 0.15) is 6.04 Å². The Morgan fingerprint density at radius 1 is 1.21 bits per heavy atom. The number of rotatable bonds is 4. The largest absolute Gasteiger partial charge is 0.465 e. The predicted octanol–water partition coefficient (Wildman–Crippen LogP) is 0.936. The van der Waals surface area contributed by atoms with E-state index in [-0.39, 0.29) is 11.5 Å². The van der Waals surface area contributed by atoms with Crippen LogP contribution in [0.3, 0.4) is 0 Å². The van der Waals surface area contributed by atoms with Gasteiger partial charge < -0.3 is 15.4 Å². The van der Waals surface area contributed by atoms with E-state index >= 15 is 0 Å². The van der Waals surface area contributed by atoms with Crippen molar-refractivity contribution in [2.45, 2.75) is 19.9 Å². The molecule has 2 N–H and O–H groups in total. The van der Waals surface area contributed by atoms with Crippen LogP contribution in [0.25, 0.3) is 0 Å². The van der Waals surface area contributed by atoms with Crippen molar-refractivity contribution in [1.82, 2.24) is 5.32 Å². The van der Waals surface area contributed by atoms with Crippen LogP contribution in [0.2, 0.25) is 0 Å². The lowest BCUT2D eigenvalue weighted by Crippen LogP contribution is -2.40. The number of amides is 2. The lowest BCUT2D eigenvalue weighted by Gasteiger charge is -2.14. The smallest absolute Gasteiger partial charge is 0.339 e. The molecule has 0 saturated carbocycles. The van der Waals surface area contributed by atoms with Crippen LogP contribution in [0, 0.1) is 0 Å². The average molecular weight is 264 g/mol. The number of nitrogens with one attached hydrogen (secondary N) is 2. The molecule has 1 rings (SSSR count). The van der Waals surface area contributed by atoms with Crippen molar-refractivity contribution in [3.8, 4) is 0 Å². The Morgan fingerprint density at radius 2 is 1.84 bits per heavy atom. The molecule has 1 unspecified atom stereocenters. The van der Waals surface area contributed by atoms with Gasteiger partial charge in [0.05, 0.1) is 18.4 Å². The molecule has 1 aromatic carbocycles. The summed E-state index contributed by atoms with van der Waals surface area (Å²) in [4.78, 5) is 34.2. The van der Waals surface area contributed by atoms with E-state index in [9.17, 15) is 14.4 Å². The molecule has 102 valence electrons. The number of esters is 1. The van der Waals surface area contributed by atoms with Crippen molar-refractivity contribution in [3.05, 3.63) is 29.8 Å². The first-order chi connectivity index (χ1) is 8.95. The van der Waals surface area contributed by atoms with Gasteiger partial charge in [0.2, 0.25) is 11.8 Å². The van der Waals surface area contributed by atoms with E-state index in [4.69, 9.17) is 0 Å². The van der Waals surface area contributed by atoms with Crippen LogP contribution < -0.4 is 10.6 Å². The Balaban J connectivity index is 2.85. The summed E-state index contributed by atoms with van der Waals surface area (Å²) in [6.07, 6.45) is 0. The third-order valence-electron chi connectivity index (χ3n) is 2.40. The number of methoxy groups -OCH3 is 1. The Kier molecular flexibility index (Phi) is 5.05. The molecule has 1 atom stereocenters. The maximum atomic E-state index is 11.8. The van der Waals surface area contributed by atoms with Crippen LogP contribution in [0.5, 0.6) is 0 Å². The molecule has 0 aliphatic heterocycles. The highest BCUT2D eigenvalue weighted by Crippen LogP contribution is 2.16. The van der Waals surface area contributed by atoms with Crippen LogP contribution >= 0.6 is 0 Å². The second kappa shape index (κ2) is 6.53. The highest BCUT2D eigenvalue weighted by Gasteiger charge is 2.17. The molecule has 0 aliphatic rings. The van der Waals surface area contributed by atoms with Crippen LogP contribution in [0.15, 0.2) is 24.3 Å². The van der Waals surface area contributed by atoms with Gasteiger partial charge in [0, 0.05) is 6.92 Å². The number of anilines is 1. The fourth-order valence-electron chi connectivity index (χ4n) is 1.49. The van der Waals surface area contributed by atoms with Crippen molar-refractivity contribution < 1.29 is 19.1 Å². The predicted molar refractivity (Wildman–Crippen MR) is 69.7 cm³/mol. The van der Waals surface area contributed by atoms with E-state index in [0.29, 0.717) is 5.69 Å². The van der Waals surface area contributed by atoms with E-state index in [0.717, 1.165) is 0 Å². The Hall–Kier alpha value is -2.37. The molecular formula is C13H16N2O4. The SMILES string of the molecule is COC(=O)c1ccccc1NC(=O)C(C)NC(C)=O. The molecule has 6 nitrogen and oxygen atoms in total. The number of benzene rings is 1. The minimum absolute atomic E-state index is 0.258. The van der Waals surface area contributed by atoms with Gasteiger partial charge in [0.25, 0.3) is 0 Å². The van der Waals surface area contributed by atoms with Crippen molar-refractivity contribution in [3.63, 3.8) is 0 Å². The zero-order valence-corrected chi connectivity index (χ0v) is 11.0. The summed E-state index contributed by atoms with van der Waals surface area (Å²) < 4.78 is 4.62. The summed E-state index contributed by atoms with van der Waals surface area (Å²) in [7, 11) is 1.26. The number of para-hydroxylation sites is 1. The average Bonchev–Trinajstić information content (AvgIpc) is 2.37. The van der Waals surface area contributed by atoms with Crippen LogP contribution in [0.4, 0.5) is 5.69 Å². The topological polar surface area (TPSA) is 84.5 Å². The van der Waals surface area contributed by atoms with Crippen molar-refractivity contribution in [1.29, 1.82) is 0 Å². The minimum atomic E-state index is -0.691. The number of carbonyl (C=O) groups excluding carboxylic acids is 3. The highest BCUT2D eigenvalue weighted by molar-refractivity contribution is 6.03. The van der Waals surface area contributed by atoms with Crippen molar-refractivity contribution >= 4 is 23.5 Å². The van der Waals surface area contributed by atoms with Crippen LogP contribution in [-0.2, 0) is 14.3 Å². The van der Waals surface area contributed by atoms with Crippen molar-refractivity contribution in [2.24, 2.45) is 0 Å². The fourth-order valence-corrected chi connectivity index (χ4v) is 1.49. The van der Waals surface area contributed by atoms with E-state index in [1.807, 2.05) is 0 Å². The van der Waals surface area contributed by atoms with Gasteiger partial charge in [-0.3, -0.25) is 9.59 Å². The zero-order chi connectivity index (χ0) is 14.4. The van der Waals surface area contributed by atoms with E-state index < -0.39 is 17.9 Å². The number of ether oxygens (including phenoxy) is 1. The summed E-state index contributed by atoms with van der Waals surface area (Å²) >= 11 is 0. The molecule has 0 radical (unpaired) electrons. The third kappa shape index (κ3) is 4.09. The molecule has 6 heteroatoms. The monoisotopic (exact) mass is 264 g/mol. The second-order valence-corrected chi connectivity index (χ2v) is 3.95. The lowest BCUT2D eigenvalue weighted by atomic mass is 10.1. The number of carbonyl (C=O) groups is 3. The van der Waals surface area contributed by atoms with E-state index in [1.165, 1.54) is 14.0 Å². The molecule has 19 heavy (non-hydrogen) atoms. The Morgan fingerprint density at radius 3 is 2.42 bits per heavy atom. The van der Waals surface area contributed by atoms with Crippen LogP contribution in [0.1, 0.15) is 24.2 Å². The Bertz CT molecular complexity index is 499. The summed E-state index contributed by atoms with van der Waals surface area (Å²) in [6, 6.07) is 5.79. The third-order valence-corrected chi connectivity index (χ3v) is 2.40. The van der Waals surface area contributed by atoms with E-state index in [1.54, 1.807) is 31.2 Å². The van der Waals surface area contributed by atoms with Gasteiger partial charge in [-0.1, -0.05) is 12.1 Å². The molecule has 0 saturated heterocycles. The summed E-state index contributed by atoms with van der Waals surface area (Å²) in [5.41, 5.74) is 0.602. The van der Waals surface area contributed by atoms with Gasteiger partial charge in [-0.25, -0.2) is 4.79 Å². The highest BCUT2D eigenvalue weighted by atomic mass is 16.5. The molecule has 0 fully saturated rings. The molecule has 1 aromatic rings. The number of hydrogen-bond donors (Lipinski definition) is 2. The minimum Gasteiger partial charge on any atom is -0.465 e. The molecular weight excluding hydrogens is 248 g/mol. The summed E-state index contributed by atoms with van der Waals surface area (Å²) in [5.74, 6) is -1.25. The molecule has 0 heterocycles. The standard InChI is InChI=1S/C13H16N2O4/c1-8(14-9(2)16)12(17)15-11-7-5-4-6-10(11)13(18)19-3/h4-8H,1-3H3,(H,14,16)(H,15,17). The van der Waals surface area contributed by atoms with Gasteiger partial charge in [0.15, 0.2) is 0 Å². The number of hydrogen-bond acceptors (Lipinski definition) is 4. The quantitative estimate of drug-likeness (QED) is 0.792. The molecule has 0 bridgehead atoms. The molecule has 0 spiro atoms. The van der Waals surface area contributed by atoms with Gasteiger partial charge in [-0.05, 0) is 19.1 Å². The molecule has 0 aliphatic carbocycles. The van der Waals surface area contributed by atoms with Gasteiger partial charge in [-0.15, -0.1) is 0 Å². The molecule has 2 amide bonds. The maximum Gasteiger partial charge on any atom is 0.339 e. The first-order valence-electron chi connectivity index (χ1n) is 5.71. The summed E-state index contributed by atoms with van der Waals surface area (Å²) in [6.45, 7) is 2.88. The Labute approximate surface area is 111 Å². The summed E-state index contributed by atoms with van der Waals surface area (Å²) in [5, 5.41) is 5.03. The first-order valence-corrected chi connectivity index (χ1v) is 5.71. The second-order valence-electron chi connectivity index (χ2n) is 3.95. The van der Waals surface area contributed by atoms with Gasteiger partial charge in [-0.2, -0.15) is 0 Å². The van der Waals surface area contributed by atoms with Crippen molar-refractivity contribution in [2.75, 3.05) is 12.4 Å². The fraction of sp³-hybridized carbons (Fsp3) is 0.308. The zero-order valence-electron chi connectivity index (χ0n) is 11.0. The van der Waals surface area contributed by atoms with E-state index in [2.05, 4.69) is 15.4 Å². The van der Waals surface area contributed by atoms with Crippen LogP contribution in [-0.4, -0.2) is 30.9 Å².